The maximum absolute atomic E-state index is 10.9. The largest absolute Gasteiger partial charge is 0.480 e. The number of thioether (sulfide) groups is 1. The lowest BCUT2D eigenvalue weighted by molar-refractivity contribution is -0.137. The zero-order valence-corrected chi connectivity index (χ0v) is 9.83. The summed E-state index contributed by atoms with van der Waals surface area (Å²) < 4.78 is 0. The second-order valence-electron chi connectivity index (χ2n) is 3.80. The second-order valence-corrected chi connectivity index (χ2v) is 4.93. The van der Waals surface area contributed by atoms with E-state index in [2.05, 4.69) is 0 Å². The van der Waals surface area contributed by atoms with Crippen LogP contribution in [0.25, 0.3) is 0 Å². The molecule has 0 bridgehead atoms. The molecule has 3 heteroatoms. The number of carboxylic acids is 1. The van der Waals surface area contributed by atoms with Gasteiger partial charge in [-0.15, -0.1) is 11.8 Å². The molecule has 0 saturated heterocycles. The number of hydrogen-bond acceptors (Lipinski definition) is 2. The van der Waals surface area contributed by atoms with Gasteiger partial charge in [-0.3, -0.25) is 4.79 Å². The molecular weight excluding hydrogens is 208 g/mol. The van der Waals surface area contributed by atoms with E-state index >= 15 is 0 Å². The van der Waals surface area contributed by atoms with Gasteiger partial charge < -0.3 is 5.11 Å². The summed E-state index contributed by atoms with van der Waals surface area (Å²) in [6.07, 6.45) is 0. The summed E-state index contributed by atoms with van der Waals surface area (Å²) in [6.45, 7) is 3.88. The molecule has 0 saturated carbocycles. The maximum atomic E-state index is 10.9. The van der Waals surface area contributed by atoms with Crippen molar-refractivity contribution in [3.05, 3.63) is 35.9 Å². The third kappa shape index (κ3) is 3.96. The summed E-state index contributed by atoms with van der Waals surface area (Å²) in [6, 6.07) is 9.95. The number of carbonyl (C=O) groups is 1. The predicted molar refractivity (Wildman–Crippen MR) is 64.0 cm³/mol. The topological polar surface area (TPSA) is 37.3 Å². The van der Waals surface area contributed by atoms with E-state index in [0.717, 1.165) is 5.75 Å². The monoisotopic (exact) mass is 224 g/mol. The highest BCUT2D eigenvalue weighted by Crippen LogP contribution is 2.23. The molecular formula is C12H16O2S. The standard InChI is InChI=1S/C12H16O2S/c1-9(2)11(12(13)14)15-8-10-6-4-3-5-7-10/h3-7,9,11H,8H2,1-2H3,(H,13,14)/t11-/m0/s1. The third-order valence-corrected chi connectivity index (χ3v) is 3.73. The van der Waals surface area contributed by atoms with Crippen LogP contribution in [0.1, 0.15) is 19.4 Å². The lowest BCUT2D eigenvalue weighted by atomic mass is 10.1. The highest BCUT2D eigenvalue weighted by molar-refractivity contribution is 7.99. The Morgan fingerprint density at radius 1 is 1.33 bits per heavy atom. The molecule has 0 aliphatic heterocycles. The van der Waals surface area contributed by atoms with Crippen LogP contribution in [0, 0.1) is 5.92 Å². The minimum atomic E-state index is -0.717. The van der Waals surface area contributed by atoms with Gasteiger partial charge in [0.1, 0.15) is 5.25 Å². The van der Waals surface area contributed by atoms with Crippen molar-refractivity contribution in [3.8, 4) is 0 Å². The van der Waals surface area contributed by atoms with E-state index in [1.54, 1.807) is 0 Å². The van der Waals surface area contributed by atoms with Gasteiger partial charge in [0.05, 0.1) is 0 Å². The zero-order valence-electron chi connectivity index (χ0n) is 9.01. The number of carboxylic acid groups (broad SMARTS) is 1. The molecule has 2 nitrogen and oxygen atoms in total. The molecule has 1 aromatic rings. The number of benzene rings is 1. The summed E-state index contributed by atoms with van der Waals surface area (Å²) in [5.74, 6) is 0.206. The van der Waals surface area contributed by atoms with Gasteiger partial charge in [-0.2, -0.15) is 0 Å². The van der Waals surface area contributed by atoms with Crippen LogP contribution in [0.5, 0.6) is 0 Å². The first-order valence-electron chi connectivity index (χ1n) is 4.99. The minimum Gasteiger partial charge on any atom is -0.480 e. The molecule has 1 atom stereocenters. The Labute approximate surface area is 94.7 Å². The Hall–Kier alpha value is -0.960. The van der Waals surface area contributed by atoms with E-state index < -0.39 is 5.97 Å². The van der Waals surface area contributed by atoms with Crippen LogP contribution in [-0.2, 0) is 10.5 Å². The third-order valence-electron chi connectivity index (χ3n) is 2.12. The Morgan fingerprint density at radius 3 is 2.40 bits per heavy atom. The molecule has 0 heterocycles. The van der Waals surface area contributed by atoms with Crippen molar-refractivity contribution in [2.75, 3.05) is 0 Å². The number of hydrogen-bond donors (Lipinski definition) is 1. The van der Waals surface area contributed by atoms with Crippen LogP contribution in [0.2, 0.25) is 0 Å². The molecule has 0 unspecified atom stereocenters. The van der Waals surface area contributed by atoms with E-state index in [1.807, 2.05) is 44.2 Å². The normalized spacial score (nSPS) is 12.7. The smallest absolute Gasteiger partial charge is 0.316 e. The predicted octanol–water partition coefficient (Wildman–Crippen LogP) is 3.03. The molecule has 1 aromatic carbocycles. The maximum Gasteiger partial charge on any atom is 0.316 e. The molecule has 15 heavy (non-hydrogen) atoms. The van der Waals surface area contributed by atoms with Gasteiger partial charge in [-0.1, -0.05) is 44.2 Å². The summed E-state index contributed by atoms with van der Waals surface area (Å²) in [4.78, 5) is 10.9. The van der Waals surface area contributed by atoms with Crippen molar-refractivity contribution in [1.82, 2.24) is 0 Å². The van der Waals surface area contributed by atoms with Gasteiger partial charge in [0.2, 0.25) is 0 Å². The van der Waals surface area contributed by atoms with E-state index in [0.29, 0.717) is 0 Å². The van der Waals surface area contributed by atoms with E-state index in [1.165, 1.54) is 17.3 Å². The molecule has 0 fully saturated rings. The van der Waals surface area contributed by atoms with Gasteiger partial charge in [0.15, 0.2) is 0 Å². The van der Waals surface area contributed by atoms with E-state index in [9.17, 15) is 4.79 Å². The first-order valence-corrected chi connectivity index (χ1v) is 6.04. The molecule has 1 N–H and O–H groups in total. The zero-order chi connectivity index (χ0) is 11.3. The summed E-state index contributed by atoms with van der Waals surface area (Å²) in [7, 11) is 0. The fraction of sp³-hybridized carbons (Fsp3) is 0.417. The SMILES string of the molecule is CC(C)[C@H](SCc1ccccc1)C(=O)O. The first-order chi connectivity index (χ1) is 7.11. The molecule has 0 aromatic heterocycles. The van der Waals surface area contributed by atoms with Crippen molar-refractivity contribution >= 4 is 17.7 Å². The second kappa shape index (κ2) is 5.81. The van der Waals surface area contributed by atoms with E-state index in [-0.39, 0.29) is 11.2 Å². The molecule has 0 amide bonds. The van der Waals surface area contributed by atoms with Crippen molar-refractivity contribution in [1.29, 1.82) is 0 Å². The minimum absolute atomic E-state index is 0.163. The van der Waals surface area contributed by atoms with Gasteiger partial charge in [-0.05, 0) is 11.5 Å². The molecule has 82 valence electrons. The highest BCUT2D eigenvalue weighted by Gasteiger charge is 2.21. The Balaban J connectivity index is 2.51. The van der Waals surface area contributed by atoms with Crippen LogP contribution in [0.3, 0.4) is 0 Å². The van der Waals surface area contributed by atoms with Crippen molar-refractivity contribution in [2.24, 2.45) is 5.92 Å². The van der Waals surface area contributed by atoms with Crippen LogP contribution < -0.4 is 0 Å². The lowest BCUT2D eigenvalue weighted by Crippen LogP contribution is -2.22. The quantitative estimate of drug-likeness (QED) is 0.835. The van der Waals surface area contributed by atoms with E-state index in [4.69, 9.17) is 5.11 Å². The summed E-state index contributed by atoms with van der Waals surface area (Å²) >= 11 is 1.49. The van der Waals surface area contributed by atoms with Crippen molar-refractivity contribution in [2.45, 2.75) is 24.9 Å². The summed E-state index contributed by atoms with van der Waals surface area (Å²) in [5.41, 5.74) is 1.18. The van der Waals surface area contributed by atoms with Crippen LogP contribution in [0.15, 0.2) is 30.3 Å². The molecule has 0 radical (unpaired) electrons. The Morgan fingerprint density at radius 2 is 1.93 bits per heavy atom. The van der Waals surface area contributed by atoms with Crippen molar-refractivity contribution < 1.29 is 9.90 Å². The van der Waals surface area contributed by atoms with Crippen LogP contribution >= 0.6 is 11.8 Å². The first kappa shape index (κ1) is 12.1. The average Bonchev–Trinajstić information content (AvgIpc) is 2.18. The Bertz CT molecular complexity index is 309. The molecule has 0 aliphatic rings. The van der Waals surface area contributed by atoms with Gasteiger partial charge in [0, 0.05) is 5.75 Å². The fourth-order valence-electron chi connectivity index (χ4n) is 1.31. The highest BCUT2D eigenvalue weighted by atomic mass is 32.2. The molecule has 0 aliphatic carbocycles. The summed E-state index contributed by atoms with van der Waals surface area (Å²) in [5, 5.41) is 8.69. The van der Waals surface area contributed by atoms with Crippen LogP contribution in [-0.4, -0.2) is 16.3 Å². The number of rotatable bonds is 5. The Kier molecular flexibility index (Phi) is 4.69. The molecule has 1 rings (SSSR count). The fourth-order valence-corrected chi connectivity index (χ4v) is 2.40. The average molecular weight is 224 g/mol. The van der Waals surface area contributed by atoms with Crippen molar-refractivity contribution in [3.63, 3.8) is 0 Å². The number of aliphatic carboxylic acids is 1. The van der Waals surface area contributed by atoms with Gasteiger partial charge in [-0.25, -0.2) is 0 Å². The molecule has 0 spiro atoms. The van der Waals surface area contributed by atoms with Gasteiger partial charge >= 0.3 is 5.97 Å². The lowest BCUT2D eigenvalue weighted by Gasteiger charge is -2.15. The van der Waals surface area contributed by atoms with Gasteiger partial charge in [0.25, 0.3) is 0 Å². The van der Waals surface area contributed by atoms with Crippen LogP contribution in [0.4, 0.5) is 0 Å².